The van der Waals surface area contributed by atoms with Crippen LogP contribution in [0.1, 0.15) is 55.5 Å². The number of carbonyl (C=O) groups excluding carboxylic acids is 2. The third-order valence-electron chi connectivity index (χ3n) is 7.11. The Balaban J connectivity index is 1.56. The Bertz CT molecular complexity index is 1650. The molecule has 228 valence electrons. The molecule has 1 atom stereocenters. The molecule has 1 aromatic heterocycles. The van der Waals surface area contributed by atoms with E-state index in [1.165, 1.54) is 28.0 Å². The molecule has 1 aliphatic heterocycles. The number of ether oxygens (including phenoxy) is 2. The van der Waals surface area contributed by atoms with Crippen LogP contribution in [-0.2, 0) is 15.3 Å². The van der Waals surface area contributed by atoms with Gasteiger partial charge in [0.2, 0.25) is 5.13 Å². The molecule has 5 rings (SSSR count). The van der Waals surface area contributed by atoms with Crippen LogP contribution in [0.15, 0.2) is 82.7 Å². The zero-order valence-corrected chi connectivity index (χ0v) is 26.8. The molecule has 8 nitrogen and oxygen atoms in total. The zero-order chi connectivity index (χ0) is 31.2. The van der Waals surface area contributed by atoms with E-state index >= 15 is 0 Å². The number of aromatic nitrogens is 2. The lowest BCUT2D eigenvalue weighted by Crippen LogP contribution is -2.29. The van der Waals surface area contributed by atoms with Gasteiger partial charge in [0.15, 0.2) is 15.8 Å². The summed E-state index contributed by atoms with van der Waals surface area (Å²) in [5.74, 6) is 0.393. The Morgan fingerprint density at radius 3 is 2.45 bits per heavy atom. The Morgan fingerprint density at radius 1 is 1.00 bits per heavy atom. The summed E-state index contributed by atoms with van der Waals surface area (Å²) >= 11 is 2.73. The molecule has 1 unspecified atom stereocenters. The molecule has 0 saturated carbocycles. The van der Waals surface area contributed by atoms with Crippen molar-refractivity contribution < 1.29 is 24.2 Å². The van der Waals surface area contributed by atoms with Crippen molar-refractivity contribution in [3.63, 3.8) is 0 Å². The van der Waals surface area contributed by atoms with Gasteiger partial charge in [0.1, 0.15) is 5.76 Å². The van der Waals surface area contributed by atoms with E-state index in [0.29, 0.717) is 51.9 Å². The van der Waals surface area contributed by atoms with Gasteiger partial charge in [-0.2, -0.15) is 0 Å². The number of nitrogens with zero attached hydrogens (tertiary/aromatic N) is 3. The topological polar surface area (TPSA) is 102 Å². The van der Waals surface area contributed by atoms with Crippen LogP contribution in [0.25, 0.3) is 5.76 Å². The van der Waals surface area contributed by atoms with E-state index in [1.807, 2.05) is 56.3 Å². The number of rotatable bonds is 12. The third-order valence-corrected chi connectivity index (χ3v) is 9.24. The van der Waals surface area contributed by atoms with Crippen LogP contribution in [-0.4, -0.2) is 40.2 Å². The van der Waals surface area contributed by atoms with Crippen molar-refractivity contribution in [1.29, 1.82) is 0 Å². The molecule has 10 heteroatoms. The first kappa shape index (κ1) is 31.3. The van der Waals surface area contributed by atoms with E-state index in [9.17, 15) is 14.7 Å². The molecule has 2 heterocycles. The minimum Gasteiger partial charge on any atom is -0.507 e. The maximum Gasteiger partial charge on any atom is 0.301 e. The van der Waals surface area contributed by atoms with Crippen molar-refractivity contribution in [1.82, 2.24) is 10.2 Å². The minimum absolute atomic E-state index is 0.0246. The lowest BCUT2D eigenvalue weighted by Gasteiger charge is -2.24. The summed E-state index contributed by atoms with van der Waals surface area (Å²) in [5, 5.41) is 20.4. The molecule has 1 amide bonds. The molecule has 1 aliphatic rings. The standard InChI is InChI=1S/C34H35N3O5S2/c1-5-41-27-19-25(15-16-26(27)42-18-17-21(2)3)29-28(30(38)24-13-11-22(4)12-14-24)31(39)32(40)37(29)33-35-36-34(44-33)43-20-23-9-7-6-8-10-23/h6-16,19,21,29,38H,5,17-18,20H2,1-4H3/b30-28+. The number of ketones is 1. The fourth-order valence-corrected chi connectivity index (χ4v) is 6.60. The van der Waals surface area contributed by atoms with Gasteiger partial charge in [-0.3, -0.25) is 14.5 Å². The van der Waals surface area contributed by atoms with Crippen LogP contribution in [0.3, 0.4) is 0 Å². The minimum atomic E-state index is -0.958. The highest BCUT2D eigenvalue weighted by molar-refractivity contribution is 8.00. The molecule has 3 aromatic carbocycles. The van der Waals surface area contributed by atoms with Gasteiger partial charge in [0.05, 0.1) is 24.8 Å². The predicted molar refractivity (Wildman–Crippen MR) is 174 cm³/mol. The number of hydrogen-bond donors (Lipinski definition) is 1. The SMILES string of the molecule is CCOc1cc(C2/C(=C(\O)c3ccc(C)cc3)C(=O)C(=O)N2c2nnc(SCc3ccccc3)s2)ccc1OCCC(C)C. The van der Waals surface area contributed by atoms with Gasteiger partial charge in [-0.25, -0.2) is 0 Å². The largest absolute Gasteiger partial charge is 0.507 e. The van der Waals surface area contributed by atoms with Gasteiger partial charge in [0.25, 0.3) is 5.78 Å². The van der Waals surface area contributed by atoms with E-state index in [1.54, 1.807) is 30.3 Å². The number of aliphatic hydroxyl groups is 1. The van der Waals surface area contributed by atoms with Crippen molar-refractivity contribution in [3.8, 4) is 11.5 Å². The highest BCUT2D eigenvalue weighted by Gasteiger charge is 2.48. The number of carbonyl (C=O) groups is 2. The van der Waals surface area contributed by atoms with Crippen molar-refractivity contribution in [2.75, 3.05) is 18.1 Å². The lowest BCUT2D eigenvalue weighted by atomic mass is 9.95. The summed E-state index contributed by atoms with van der Waals surface area (Å²) in [6.45, 7) is 9.00. The molecule has 0 radical (unpaired) electrons. The number of Topliss-reactive ketones (excluding diaryl/α,β-unsaturated/α-hetero) is 1. The molecular weight excluding hydrogens is 595 g/mol. The van der Waals surface area contributed by atoms with Gasteiger partial charge < -0.3 is 14.6 Å². The van der Waals surface area contributed by atoms with Gasteiger partial charge in [-0.05, 0) is 49.4 Å². The van der Waals surface area contributed by atoms with E-state index in [4.69, 9.17) is 9.47 Å². The number of aryl methyl sites for hydroxylation is 1. The molecule has 0 aliphatic carbocycles. The first-order valence-corrected chi connectivity index (χ1v) is 16.3. The Hall–Kier alpha value is -4.15. The van der Waals surface area contributed by atoms with Crippen molar-refractivity contribution >= 4 is 45.7 Å². The van der Waals surface area contributed by atoms with Gasteiger partial charge in [-0.15, -0.1) is 10.2 Å². The Kier molecular flexibility index (Phi) is 10.0. The maximum absolute atomic E-state index is 13.7. The second-order valence-electron chi connectivity index (χ2n) is 10.8. The summed E-state index contributed by atoms with van der Waals surface area (Å²) in [5.41, 5.74) is 3.12. The monoisotopic (exact) mass is 629 g/mol. The predicted octanol–water partition coefficient (Wildman–Crippen LogP) is 7.59. The number of hydrogen-bond acceptors (Lipinski definition) is 9. The molecule has 1 N–H and O–H groups in total. The highest BCUT2D eigenvalue weighted by Crippen LogP contribution is 2.45. The summed E-state index contributed by atoms with van der Waals surface area (Å²) in [4.78, 5) is 28.6. The molecular formula is C34H35N3O5S2. The first-order valence-electron chi connectivity index (χ1n) is 14.5. The number of anilines is 1. The van der Waals surface area contributed by atoms with E-state index in [-0.39, 0.29) is 16.5 Å². The zero-order valence-electron chi connectivity index (χ0n) is 25.1. The third kappa shape index (κ3) is 6.97. The number of thioether (sulfide) groups is 1. The molecule has 1 fully saturated rings. The summed E-state index contributed by atoms with van der Waals surface area (Å²) in [6, 6.07) is 21.5. The Morgan fingerprint density at radius 2 is 1.75 bits per heavy atom. The van der Waals surface area contributed by atoms with Crippen molar-refractivity contribution in [2.24, 2.45) is 5.92 Å². The van der Waals surface area contributed by atoms with E-state index in [0.717, 1.165) is 17.5 Å². The van der Waals surface area contributed by atoms with Gasteiger partial charge in [-0.1, -0.05) is 103 Å². The Labute approximate surface area is 265 Å². The average molecular weight is 630 g/mol. The number of amides is 1. The first-order chi connectivity index (χ1) is 21.3. The summed E-state index contributed by atoms with van der Waals surface area (Å²) < 4.78 is 12.6. The van der Waals surface area contributed by atoms with Crippen molar-refractivity contribution in [2.45, 2.75) is 50.3 Å². The second-order valence-corrected chi connectivity index (χ2v) is 13.0. The van der Waals surface area contributed by atoms with Gasteiger partial charge >= 0.3 is 5.91 Å². The van der Waals surface area contributed by atoms with E-state index < -0.39 is 17.7 Å². The quantitative estimate of drug-likeness (QED) is 0.0562. The molecule has 4 aromatic rings. The van der Waals surface area contributed by atoms with Crippen molar-refractivity contribution in [3.05, 3.63) is 101 Å². The van der Waals surface area contributed by atoms with Gasteiger partial charge in [0, 0.05) is 11.3 Å². The molecule has 0 bridgehead atoms. The van der Waals surface area contributed by atoms with Crippen LogP contribution < -0.4 is 14.4 Å². The van der Waals surface area contributed by atoms with Crippen LogP contribution in [0.5, 0.6) is 11.5 Å². The normalized spacial score (nSPS) is 16.1. The summed E-state index contributed by atoms with van der Waals surface area (Å²) in [7, 11) is 0. The van der Waals surface area contributed by atoms with Crippen LogP contribution in [0.2, 0.25) is 0 Å². The van der Waals surface area contributed by atoms with Crippen LogP contribution in [0.4, 0.5) is 5.13 Å². The smallest absolute Gasteiger partial charge is 0.301 e. The molecule has 0 spiro atoms. The van der Waals surface area contributed by atoms with E-state index in [2.05, 4.69) is 24.0 Å². The molecule has 44 heavy (non-hydrogen) atoms. The highest BCUT2D eigenvalue weighted by atomic mass is 32.2. The van der Waals surface area contributed by atoms with Crippen LogP contribution >= 0.6 is 23.1 Å². The lowest BCUT2D eigenvalue weighted by molar-refractivity contribution is -0.132. The number of aliphatic hydroxyl groups excluding tert-OH is 1. The van der Waals surface area contributed by atoms with Crippen LogP contribution in [0, 0.1) is 12.8 Å². The molecule has 1 saturated heterocycles. The summed E-state index contributed by atoms with van der Waals surface area (Å²) in [6.07, 6.45) is 0.881. The fourth-order valence-electron chi connectivity index (χ4n) is 4.78. The maximum atomic E-state index is 13.7. The second kappa shape index (κ2) is 14.1. The average Bonchev–Trinajstić information content (AvgIpc) is 3.59. The fraction of sp³-hybridized carbons (Fsp3) is 0.294. The number of benzene rings is 3.